The minimum absolute atomic E-state index is 0.0477. The zero-order chi connectivity index (χ0) is 17.0. The zero-order valence-electron chi connectivity index (χ0n) is 13.0. The van der Waals surface area contributed by atoms with Crippen LogP contribution in [0.2, 0.25) is 0 Å². The average Bonchev–Trinajstić information content (AvgIpc) is 2.60. The second-order valence-electron chi connectivity index (χ2n) is 5.52. The van der Waals surface area contributed by atoms with Gasteiger partial charge in [-0.3, -0.25) is 4.98 Å². The Morgan fingerprint density at radius 3 is 2.58 bits per heavy atom. The van der Waals surface area contributed by atoms with Crippen LogP contribution in [0.4, 0.5) is 0 Å². The lowest BCUT2D eigenvalue weighted by Crippen LogP contribution is -2.33. The van der Waals surface area contributed by atoms with Crippen LogP contribution in [0.1, 0.15) is 5.56 Å². The molecule has 2 N–H and O–H groups in total. The minimum atomic E-state index is -3.72. The van der Waals surface area contributed by atoms with Crippen molar-refractivity contribution in [3.05, 3.63) is 72.4 Å². The zero-order valence-corrected chi connectivity index (χ0v) is 13.8. The van der Waals surface area contributed by atoms with Crippen LogP contribution in [-0.2, 0) is 16.4 Å². The summed E-state index contributed by atoms with van der Waals surface area (Å²) in [7, 11) is -3.72. The highest BCUT2D eigenvalue weighted by molar-refractivity contribution is 7.89. The number of pyridine rings is 1. The molecule has 0 aliphatic carbocycles. The Bertz CT molecular complexity index is 922. The highest BCUT2D eigenvalue weighted by atomic mass is 32.2. The van der Waals surface area contributed by atoms with Gasteiger partial charge in [0.1, 0.15) is 0 Å². The number of hydrogen-bond acceptors (Lipinski definition) is 4. The van der Waals surface area contributed by atoms with Gasteiger partial charge in [0.2, 0.25) is 10.0 Å². The maximum Gasteiger partial charge on any atom is 0.241 e. The van der Waals surface area contributed by atoms with Crippen molar-refractivity contribution in [3.8, 4) is 0 Å². The average molecular weight is 342 g/mol. The number of aliphatic hydroxyl groups is 1. The molecule has 0 radical (unpaired) electrons. The monoisotopic (exact) mass is 342 g/mol. The molecule has 0 saturated heterocycles. The van der Waals surface area contributed by atoms with Gasteiger partial charge in [0.05, 0.1) is 16.5 Å². The molecular weight excluding hydrogens is 324 g/mol. The van der Waals surface area contributed by atoms with Crippen molar-refractivity contribution in [2.75, 3.05) is 6.54 Å². The van der Waals surface area contributed by atoms with E-state index in [0.717, 1.165) is 5.56 Å². The molecule has 5 nitrogen and oxygen atoms in total. The van der Waals surface area contributed by atoms with Gasteiger partial charge < -0.3 is 5.11 Å². The van der Waals surface area contributed by atoms with Crippen LogP contribution < -0.4 is 4.72 Å². The highest BCUT2D eigenvalue weighted by Gasteiger charge is 2.18. The molecule has 1 atom stereocenters. The Kier molecular flexibility index (Phi) is 4.89. The van der Waals surface area contributed by atoms with Crippen LogP contribution >= 0.6 is 0 Å². The summed E-state index contributed by atoms with van der Waals surface area (Å²) in [6.07, 6.45) is 1.21. The Balaban J connectivity index is 1.74. The number of nitrogens with zero attached hydrogens (tertiary/aromatic N) is 1. The number of aromatic nitrogens is 1. The first-order valence-electron chi connectivity index (χ1n) is 7.62. The van der Waals surface area contributed by atoms with Crippen molar-refractivity contribution in [2.45, 2.75) is 17.4 Å². The van der Waals surface area contributed by atoms with Crippen LogP contribution in [-0.4, -0.2) is 31.2 Å². The summed E-state index contributed by atoms with van der Waals surface area (Å²) in [5.41, 5.74) is 1.57. The number of sulfonamides is 1. The number of benzene rings is 2. The lowest BCUT2D eigenvalue weighted by molar-refractivity contribution is 0.179. The van der Waals surface area contributed by atoms with Crippen molar-refractivity contribution in [2.24, 2.45) is 0 Å². The van der Waals surface area contributed by atoms with E-state index >= 15 is 0 Å². The standard InChI is InChI=1S/C18H18N2O3S/c21-15(12-14-6-2-1-3-7-14)13-20-24(22,23)18-10-4-9-17-16(18)8-5-11-19-17/h1-11,15,20-21H,12-13H2/t15-/m1/s1. The van der Waals surface area contributed by atoms with Crippen molar-refractivity contribution in [1.82, 2.24) is 9.71 Å². The summed E-state index contributed by atoms with van der Waals surface area (Å²) < 4.78 is 27.6. The fourth-order valence-electron chi connectivity index (χ4n) is 2.55. The van der Waals surface area contributed by atoms with E-state index in [2.05, 4.69) is 9.71 Å². The number of hydrogen-bond donors (Lipinski definition) is 2. The number of rotatable bonds is 6. The van der Waals surface area contributed by atoms with Crippen molar-refractivity contribution in [1.29, 1.82) is 0 Å². The predicted octanol–water partition coefficient (Wildman–Crippen LogP) is 2.12. The number of aliphatic hydroxyl groups excluding tert-OH is 1. The normalized spacial score (nSPS) is 13.0. The largest absolute Gasteiger partial charge is 0.391 e. The van der Waals surface area contributed by atoms with Gasteiger partial charge in [-0.25, -0.2) is 13.1 Å². The molecule has 3 aromatic rings. The van der Waals surface area contributed by atoms with E-state index in [1.54, 1.807) is 30.5 Å². The fourth-order valence-corrected chi connectivity index (χ4v) is 3.84. The van der Waals surface area contributed by atoms with Crippen molar-refractivity contribution < 1.29 is 13.5 Å². The van der Waals surface area contributed by atoms with E-state index in [9.17, 15) is 13.5 Å². The summed E-state index contributed by atoms with van der Waals surface area (Å²) in [5, 5.41) is 10.6. The molecule has 3 rings (SSSR count). The molecule has 24 heavy (non-hydrogen) atoms. The van der Waals surface area contributed by atoms with Gasteiger partial charge in [0, 0.05) is 18.1 Å². The fraction of sp³-hybridized carbons (Fsp3) is 0.167. The summed E-state index contributed by atoms with van der Waals surface area (Å²) in [6.45, 7) is -0.0477. The highest BCUT2D eigenvalue weighted by Crippen LogP contribution is 2.20. The second-order valence-corrected chi connectivity index (χ2v) is 7.26. The SMILES string of the molecule is O=S(=O)(NC[C@H](O)Cc1ccccc1)c1cccc2ncccc12. The molecule has 0 aliphatic heterocycles. The first-order chi connectivity index (χ1) is 11.6. The van der Waals surface area contributed by atoms with Gasteiger partial charge in [-0.2, -0.15) is 0 Å². The topological polar surface area (TPSA) is 79.3 Å². The molecule has 1 heterocycles. The Morgan fingerprint density at radius 1 is 1.00 bits per heavy atom. The van der Waals surface area contributed by atoms with Crippen molar-refractivity contribution in [3.63, 3.8) is 0 Å². The summed E-state index contributed by atoms with van der Waals surface area (Å²) in [5.74, 6) is 0. The molecule has 0 bridgehead atoms. The molecule has 124 valence electrons. The third-order valence-electron chi connectivity index (χ3n) is 3.72. The maximum absolute atomic E-state index is 12.6. The maximum atomic E-state index is 12.6. The quantitative estimate of drug-likeness (QED) is 0.719. The smallest absolute Gasteiger partial charge is 0.241 e. The van der Waals surface area contributed by atoms with Crippen LogP contribution in [0.15, 0.2) is 71.8 Å². The van der Waals surface area contributed by atoms with E-state index in [4.69, 9.17) is 0 Å². The van der Waals surface area contributed by atoms with E-state index in [1.807, 2.05) is 30.3 Å². The molecular formula is C18H18N2O3S. The van der Waals surface area contributed by atoms with Gasteiger partial charge in [0.25, 0.3) is 0 Å². The van der Waals surface area contributed by atoms with Crippen LogP contribution in [0.3, 0.4) is 0 Å². The summed E-state index contributed by atoms with van der Waals surface area (Å²) in [6, 6.07) is 17.8. The number of nitrogens with one attached hydrogen (secondary N) is 1. The van der Waals surface area contributed by atoms with Crippen LogP contribution in [0.25, 0.3) is 10.9 Å². The molecule has 0 aliphatic rings. The Labute approximate surface area is 141 Å². The van der Waals surface area contributed by atoms with E-state index in [-0.39, 0.29) is 11.4 Å². The Hall–Kier alpha value is -2.28. The van der Waals surface area contributed by atoms with Crippen LogP contribution in [0.5, 0.6) is 0 Å². The molecule has 6 heteroatoms. The molecule has 0 unspecified atom stereocenters. The third-order valence-corrected chi connectivity index (χ3v) is 5.20. The van der Waals surface area contributed by atoms with E-state index in [1.165, 1.54) is 6.07 Å². The molecule has 0 fully saturated rings. The molecule has 0 saturated carbocycles. The minimum Gasteiger partial charge on any atom is -0.391 e. The van der Waals surface area contributed by atoms with Crippen LogP contribution in [0, 0.1) is 0 Å². The van der Waals surface area contributed by atoms with E-state index < -0.39 is 16.1 Å². The van der Waals surface area contributed by atoms with Gasteiger partial charge >= 0.3 is 0 Å². The predicted molar refractivity (Wildman–Crippen MR) is 93.1 cm³/mol. The van der Waals surface area contributed by atoms with Crippen molar-refractivity contribution >= 4 is 20.9 Å². The molecule has 0 spiro atoms. The molecule has 2 aromatic carbocycles. The summed E-state index contributed by atoms with van der Waals surface area (Å²) in [4.78, 5) is 4.33. The summed E-state index contributed by atoms with van der Waals surface area (Å²) >= 11 is 0. The second kappa shape index (κ2) is 7.09. The third kappa shape index (κ3) is 3.79. The molecule has 1 aromatic heterocycles. The lowest BCUT2D eigenvalue weighted by atomic mass is 10.1. The Morgan fingerprint density at radius 2 is 1.79 bits per heavy atom. The van der Waals surface area contributed by atoms with Gasteiger partial charge in [0.15, 0.2) is 0 Å². The first-order valence-corrected chi connectivity index (χ1v) is 9.10. The van der Waals surface area contributed by atoms with E-state index in [0.29, 0.717) is 17.3 Å². The first kappa shape index (κ1) is 16.6. The number of fused-ring (bicyclic) bond motifs is 1. The van der Waals surface area contributed by atoms with Gasteiger partial charge in [-0.05, 0) is 36.2 Å². The lowest BCUT2D eigenvalue weighted by Gasteiger charge is -2.13. The molecule has 0 amide bonds. The van der Waals surface area contributed by atoms with Gasteiger partial charge in [-0.15, -0.1) is 0 Å². The van der Waals surface area contributed by atoms with Gasteiger partial charge in [-0.1, -0.05) is 36.4 Å².